The molecule has 0 bridgehead atoms. The molecule has 0 radical (unpaired) electrons. The van der Waals surface area contributed by atoms with Crippen molar-refractivity contribution >= 4 is 50.3 Å². The predicted molar refractivity (Wildman–Crippen MR) is 82.5 cm³/mol. The summed E-state index contributed by atoms with van der Waals surface area (Å²) < 4.78 is 1.68. The molecule has 1 rings (SSSR count). The van der Waals surface area contributed by atoms with Crippen molar-refractivity contribution in [2.45, 2.75) is 19.9 Å². The van der Waals surface area contributed by atoms with Crippen LogP contribution in [0.5, 0.6) is 0 Å². The van der Waals surface area contributed by atoms with Crippen molar-refractivity contribution in [3.8, 4) is 0 Å². The van der Waals surface area contributed by atoms with Gasteiger partial charge in [0, 0.05) is 14.1 Å². The van der Waals surface area contributed by atoms with Crippen molar-refractivity contribution in [1.82, 2.24) is 10.6 Å². The summed E-state index contributed by atoms with van der Waals surface area (Å²) in [5.41, 5.74) is 0.527. The molecule has 2 amide bonds. The van der Waals surface area contributed by atoms with E-state index in [2.05, 4.69) is 49.2 Å². The number of benzene rings is 1. The fraction of sp³-hybridized carbons (Fsp3) is 0.333. The van der Waals surface area contributed by atoms with E-state index in [4.69, 9.17) is 0 Å². The third-order valence-corrected chi connectivity index (χ3v) is 3.39. The Labute approximate surface area is 128 Å². The molecule has 98 valence electrons. The van der Waals surface area contributed by atoms with Crippen LogP contribution in [0.1, 0.15) is 24.2 Å². The SMILES string of the molecule is CC(C)NC(=O)CNC(=O)c1cc(I)ccc1Br. The second kappa shape index (κ2) is 7.08. The Morgan fingerprint density at radius 1 is 1.39 bits per heavy atom. The molecule has 0 heterocycles. The molecule has 1 aromatic rings. The molecule has 0 atom stereocenters. The van der Waals surface area contributed by atoms with E-state index in [9.17, 15) is 9.59 Å². The van der Waals surface area contributed by atoms with Crippen molar-refractivity contribution in [3.63, 3.8) is 0 Å². The second-order valence-corrected chi connectivity index (χ2v) is 6.13. The van der Waals surface area contributed by atoms with Gasteiger partial charge >= 0.3 is 0 Å². The van der Waals surface area contributed by atoms with Gasteiger partial charge in [-0.05, 0) is 70.6 Å². The second-order valence-electron chi connectivity index (χ2n) is 4.03. The average molecular weight is 425 g/mol. The molecule has 0 unspecified atom stereocenters. The molecule has 6 heteroatoms. The monoisotopic (exact) mass is 424 g/mol. The summed E-state index contributed by atoms with van der Waals surface area (Å²) in [5.74, 6) is -0.459. The van der Waals surface area contributed by atoms with Crippen LogP contribution < -0.4 is 10.6 Å². The maximum Gasteiger partial charge on any atom is 0.252 e. The minimum Gasteiger partial charge on any atom is -0.352 e. The first-order valence-corrected chi connectivity index (χ1v) is 7.30. The van der Waals surface area contributed by atoms with E-state index in [-0.39, 0.29) is 24.4 Å². The molecular weight excluding hydrogens is 411 g/mol. The van der Waals surface area contributed by atoms with E-state index in [1.54, 1.807) is 6.07 Å². The van der Waals surface area contributed by atoms with Crippen molar-refractivity contribution in [3.05, 3.63) is 31.8 Å². The number of carbonyl (C=O) groups is 2. The Balaban J connectivity index is 2.60. The van der Waals surface area contributed by atoms with Gasteiger partial charge in [0.1, 0.15) is 0 Å². The van der Waals surface area contributed by atoms with E-state index in [1.807, 2.05) is 26.0 Å². The van der Waals surface area contributed by atoms with Crippen LogP contribution in [-0.2, 0) is 4.79 Å². The summed E-state index contributed by atoms with van der Waals surface area (Å²) in [6, 6.07) is 5.54. The van der Waals surface area contributed by atoms with Gasteiger partial charge in [-0.2, -0.15) is 0 Å². The van der Waals surface area contributed by atoms with Gasteiger partial charge in [0.15, 0.2) is 0 Å². The number of hydrogen-bond donors (Lipinski definition) is 2. The molecule has 1 aromatic carbocycles. The van der Waals surface area contributed by atoms with Crippen molar-refractivity contribution in [1.29, 1.82) is 0 Å². The molecule has 18 heavy (non-hydrogen) atoms. The van der Waals surface area contributed by atoms with Gasteiger partial charge in [-0.3, -0.25) is 9.59 Å². The smallest absolute Gasteiger partial charge is 0.252 e. The highest BCUT2D eigenvalue weighted by Gasteiger charge is 2.12. The van der Waals surface area contributed by atoms with Crippen molar-refractivity contribution in [2.24, 2.45) is 0 Å². The molecule has 4 nitrogen and oxygen atoms in total. The molecule has 0 fully saturated rings. The number of amides is 2. The maximum atomic E-state index is 11.9. The van der Waals surface area contributed by atoms with Crippen LogP contribution in [0.2, 0.25) is 0 Å². The number of nitrogens with one attached hydrogen (secondary N) is 2. The molecule has 0 spiro atoms. The Hall–Kier alpha value is -0.630. The summed E-state index contributed by atoms with van der Waals surface area (Å²) >= 11 is 5.45. The first-order chi connectivity index (χ1) is 8.40. The number of rotatable bonds is 4. The lowest BCUT2D eigenvalue weighted by Gasteiger charge is -2.10. The van der Waals surface area contributed by atoms with E-state index in [0.29, 0.717) is 10.0 Å². The Kier molecular flexibility index (Phi) is 6.07. The summed E-state index contributed by atoms with van der Waals surface area (Å²) in [4.78, 5) is 23.3. The van der Waals surface area contributed by atoms with Gasteiger partial charge in [0.2, 0.25) is 5.91 Å². The van der Waals surface area contributed by atoms with Crippen LogP contribution in [0.15, 0.2) is 22.7 Å². The van der Waals surface area contributed by atoms with E-state index in [0.717, 1.165) is 3.57 Å². The number of carbonyl (C=O) groups excluding carboxylic acids is 2. The highest BCUT2D eigenvalue weighted by molar-refractivity contribution is 14.1. The molecule has 0 saturated carbocycles. The predicted octanol–water partition coefficient (Wildman–Crippen LogP) is 2.31. The van der Waals surface area contributed by atoms with Gasteiger partial charge in [-0.15, -0.1) is 0 Å². The van der Waals surface area contributed by atoms with Crippen molar-refractivity contribution in [2.75, 3.05) is 6.54 Å². The fourth-order valence-electron chi connectivity index (χ4n) is 1.30. The molecule has 2 N–H and O–H groups in total. The fourth-order valence-corrected chi connectivity index (χ4v) is 2.22. The van der Waals surface area contributed by atoms with Crippen LogP contribution in [0, 0.1) is 3.57 Å². The number of halogens is 2. The standard InChI is InChI=1S/C12H14BrIN2O2/c1-7(2)16-11(17)6-15-12(18)9-5-8(14)3-4-10(9)13/h3-5,7H,6H2,1-2H3,(H,15,18)(H,16,17). The largest absolute Gasteiger partial charge is 0.352 e. The topological polar surface area (TPSA) is 58.2 Å². The van der Waals surface area contributed by atoms with Crippen LogP contribution in [0.4, 0.5) is 0 Å². The van der Waals surface area contributed by atoms with Crippen LogP contribution >= 0.6 is 38.5 Å². The zero-order valence-corrected chi connectivity index (χ0v) is 13.8. The average Bonchev–Trinajstić information content (AvgIpc) is 2.28. The van der Waals surface area contributed by atoms with Crippen molar-refractivity contribution < 1.29 is 9.59 Å². The number of hydrogen-bond acceptors (Lipinski definition) is 2. The summed E-state index contributed by atoms with van der Waals surface area (Å²) in [6.45, 7) is 3.72. The Morgan fingerprint density at radius 2 is 2.06 bits per heavy atom. The molecule has 0 aromatic heterocycles. The van der Waals surface area contributed by atoms with Gasteiger partial charge < -0.3 is 10.6 Å². The lowest BCUT2D eigenvalue weighted by Crippen LogP contribution is -2.39. The Bertz CT molecular complexity index is 463. The minimum absolute atomic E-state index is 0.0189. The third kappa shape index (κ3) is 4.93. The van der Waals surface area contributed by atoms with E-state index in [1.165, 1.54) is 0 Å². The quantitative estimate of drug-likeness (QED) is 0.728. The van der Waals surface area contributed by atoms with Gasteiger partial charge in [0.05, 0.1) is 12.1 Å². The lowest BCUT2D eigenvalue weighted by molar-refractivity contribution is -0.120. The zero-order valence-electron chi connectivity index (χ0n) is 10.1. The zero-order chi connectivity index (χ0) is 13.7. The molecule has 0 saturated heterocycles. The Morgan fingerprint density at radius 3 is 2.67 bits per heavy atom. The maximum absolute atomic E-state index is 11.9. The molecule has 0 aliphatic carbocycles. The van der Waals surface area contributed by atoms with Crippen LogP contribution in [0.25, 0.3) is 0 Å². The summed E-state index contributed by atoms with van der Waals surface area (Å²) in [6.07, 6.45) is 0. The highest BCUT2D eigenvalue weighted by atomic mass is 127. The van der Waals surface area contributed by atoms with Gasteiger partial charge in [-0.1, -0.05) is 0 Å². The third-order valence-electron chi connectivity index (χ3n) is 2.03. The lowest BCUT2D eigenvalue weighted by atomic mass is 10.2. The van der Waals surface area contributed by atoms with E-state index < -0.39 is 0 Å². The summed E-state index contributed by atoms with van der Waals surface area (Å²) in [5, 5.41) is 5.30. The van der Waals surface area contributed by atoms with Crippen LogP contribution in [-0.4, -0.2) is 24.4 Å². The highest BCUT2D eigenvalue weighted by Crippen LogP contribution is 2.19. The summed E-state index contributed by atoms with van der Waals surface area (Å²) in [7, 11) is 0. The molecular formula is C12H14BrIN2O2. The first-order valence-electron chi connectivity index (χ1n) is 5.42. The van der Waals surface area contributed by atoms with E-state index >= 15 is 0 Å². The molecule has 0 aliphatic heterocycles. The molecule has 0 aliphatic rings. The van der Waals surface area contributed by atoms with Gasteiger partial charge in [-0.25, -0.2) is 0 Å². The minimum atomic E-state index is -0.265. The first kappa shape index (κ1) is 15.4. The van der Waals surface area contributed by atoms with Gasteiger partial charge in [0.25, 0.3) is 5.91 Å². The van der Waals surface area contributed by atoms with Crippen LogP contribution in [0.3, 0.4) is 0 Å². The normalized spacial score (nSPS) is 10.3.